The molecule has 1 saturated heterocycles. The van der Waals surface area contributed by atoms with Crippen molar-refractivity contribution < 1.29 is 9.53 Å². The molecule has 2 amide bonds. The molecule has 1 N–H and O–H groups in total. The molecule has 174 valence electrons. The lowest BCUT2D eigenvalue weighted by molar-refractivity contribution is 0.185. The van der Waals surface area contributed by atoms with Crippen molar-refractivity contribution in [3.63, 3.8) is 0 Å². The molecule has 5 rings (SSSR count). The van der Waals surface area contributed by atoms with Crippen molar-refractivity contribution in [2.75, 3.05) is 38.2 Å². The van der Waals surface area contributed by atoms with Crippen LogP contribution in [0.2, 0.25) is 0 Å². The summed E-state index contributed by atoms with van der Waals surface area (Å²) in [6.07, 6.45) is 4.11. The fourth-order valence-corrected chi connectivity index (χ4v) is 4.11. The van der Waals surface area contributed by atoms with Crippen LogP contribution in [0.1, 0.15) is 45.4 Å². The van der Waals surface area contributed by atoms with Crippen LogP contribution in [0.3, 0.4) is 0 Å². The number of nitrogens with zero attached hydrogens (tertiary/aromatic N) is 6. The number of ether oxygens (including phenoxy) is 1. The zero-order chi connectivity index (χ0) is 23.2. The molecule has 3 heterocycles. The normalized spacial score (nSPS) is 16.8. The van der Waals surface area contributed by atoms with Gasteiger partial charge in [-0.3, -0.25) is 0 Å². The average Bonchev–Trinajstić information content (AvgIpc) is 3.57. The Morgan fingerprint density at radius 3 is 2.36 bits per heavy atom. The second kappa shape index (κ2) is 8.20. The Morgan fingerprint density at radius 2 is 1.76 bits per heavy atom. The van der Waals surface area contributed by atoms with Crippen LogP contribution in [-0.4, -0.2) is 69.5 Å². The molecule has 2 aliphatic rings. The molecular weight excluding hydrogens is 418 g/mol. The lowest BCUT2D eigenvalue weighted by Gasteiger charge is -2.37. The summed E-state index contributed by atoms with van der Waals surface area (Å²) in [4.78, 5) is 26.6. The molecule has 1 aromatic carbocycles. The lowest BCUT2D eigenvalue weighted by atomic mass is 10.1. The van der Waals surface area contributed by atoms with Crippen molar-refractivity contribution in [3.8, 4) is 11.4 Å². The van der Waals surface area contributed by atoms with Gasteiger partial charge < -0.3 is 19.9 Å². The van der Waals surface area contributed by atoms with Gasteiger partial charge in [0.2, 0.25) is 0 Å². The van der Waals surface area contributed by atoms with Crippen molar-refractivity contribution in [1.82, 2.24) is 30.0 Å². The van der Waals surface area contributed by atoms with Crippen molar-refractivity contribution in [2.45, 2.75) is 45.1 Å². The van der Waals surface area contributed by atoms with E-state index in [9.17, 15) is 4.79 Å². The van der Waals surface area contributed by atoms with E-state index in [1.165, 1.54) is 0 Å². The number of hydrogen-bond acceptors (Lipinski definition) is 6. The predicted molar refractivity (Wildman–Crippen MR) is 127 cm³/mol. The van der Waals surface area contributed by atoms with E-state index in [1.54, 1.807) is 7.11 Å². The highest BCUT2D eigenvalue weighted by Gasteiger charge is 2.31. The summed E-state index contributed by atoms with van der Waals surface area (Å²) in [6.45, 7) is 8.75. The molecule has 2 fully saturated rings. The highest BCUT2D eigenvalue weighted by molar-refractivity contribution is 5.88. The van der Waals surface area contributed by atoms with Crippen LogP contribution in [0.15, 0.2) is 30.5 Å². The second-order valence-corrected chi connectivity index (χ2v) is 9.83. The van der Waals surface area contributed by atoms with E-state index in [0.29, 0.717) is 19.0 Å². The quantitative estimate of drug-likeness (QED) is 0.657. The zero-order valence-electron chi connectivity index (χ0n) is 19.7. The Hall–Kier alpha value is -3.36. The summed E-state index contributed by atoms with van der Waals surface area (Å²) in [6, 6.07) is 7.80. The third-order valence-corrected chi connectivity index (χ3v) is 6.03. The summed E-state index contributed by atoms with van der Waals surface area (Å²) in [5.74, 6) is 3.03. The highest BCUT2D eigenvalue weighted by Crippen LogP contribution is 2.40. The van der Waals surface area contributed by atoms with E-state index in [0.717, 1.165) is 60.0 Å². The Kier molecular flexibility index (Phi) is 5.34. The van der Waals surface area contributed by atoms with E-state index >= 15 is 0 Å². The van der Waals surface area contributed by atoms with E-state index < -0.39 is 0 Å². The molecule has 9 nitrogen and oxygen atoms in total. The summed E-state index contributed by atoms with van der Waals surface area (Å²) in [5.41, 5.74) is 1.50. The number of nitrogens with one attached hydrogen (secondary N) is 1. The molecule has 1 saturated carbocycles. The van der Waals surface area contributed by atoms with Gasteiger partial charge in [0.05, 0.1) is 24.4 Å². The average molecular weight is 450 g/mol. The van der Waals surface area contributed by atoms with E-state index in [4.69, 9.17) is 14.7 Å². The minimum Gasteiger partial charge on any atom is -0.497 e. The first-order valence-electron chi connectivity index (χ1n) is 11.5. The Morgan fingerprint density at radius 1 is 1.06 bits per heavy atom. The van der Waals surface area contributed by atoms with Gasteiger partial charge in [-0.1, -0.05) is 0 Å². The number of anilines is 1. The Labute approximate surface area is 193 Å². The monoisotopic (exact) mass is 449 g/mol. The zero-order valence-corrected chi connectivity index (χ0v) is 19.7. The van der Waals surface area contributed by atoms with Crippen LogP contribution in [0.5, 0.6) is 5.75 Å². The predicted octanol–water partition coefficient (Wildman–Crippen LogP) is 3.33. The van der Waals surface area contributed by atoms with E-state index in [-0.39, 0.29) is 11.6 Å². The molecule has 0 unspecified atom stereocenters. The van der Waals surface area contributed by atoms with Crippen molar-refractivity contribution in [3.05, 3.63) is 36.3 Å². The number of aromatic nitrogens is 4. The van der Waals surface area contributed by atoms with Crippen LogP contribution in [-0.2, 0) is 0 Å². The molecule has 0 atom stereocenters. The highest BCUT2D eigenvalue weighted by atomic mass is 16.5. The molecule has 9 heteroatoms. The smallest absolute Gasteiger partial charge is 0.317 e. The third-order valence-electron chi connectivity index (χ3n) is 6.03. The summed E-state index contributed by atoms with van der Waals surface area (Å²) >= 11 is 0. The van der Waals surface area contributed by atoms with Crippen LogP contribution >= 0.6 is 0 Å². The standard InChI is InChI=1S/C24H31N7O2/c1-24(2,3)28-23(32)30-13-11-29(12-14-30)21-19-15-25-31(17-7-9-18(33-4)10-8-17)22(19)27-20(26-21)16-5-6-16/h7-10,15-16H,5-6,11-14H2,1-4H3,(H,28,32). The number of carbonyl (C=O) groups excluding carboxylic acids is 1. The second-order valence-electron chi connectivity index (χ2n) is 9.83. The first-order valence-corrected chi connectivity index (χ1v) is 11.5. The number of rotatable bonds is 4. The van der Waals surface area contributed by atoms with E-state index in [2.05, 4.69) is 15.3 Å². The SMILES string of the molecule is COc1ccc(-n2ncc3c(N4CCN(C(=O)NC(C)(C)C)CC4)nc(C4CC4)nc32)cc1. The largest absolute Gasteiger partial charge is 0.497 e. The fraction of sp³-hybridized carbons (Fsp3) is 0.500. The first-order chi connectivity index (χ1) is 15.8. The van der Waals surface area contributed by atoms with Gasteiger partial charge in [0, 0.05) is 37.6 Å². The molecule has 0 spiro atoms. The minimum absolute atomic E-state index is 0.0130. The topological polar surface area (TPSA) is 88.4 Å². The number of hydrogen-bond donors (Lipinski definition) is 1. The molecule has 3 aromatic rings. The van der Waals surface area contributed by atoms with Crippen LogP contribution < -0.4 is 15.0 Å². The van der Waals surface area contributed by atoms with Crippen LogP contribution in [0, 0.1) is 0 Å². The maximum atomic E-state index is 12.6. The van der Waals surface area contributed by atoms with Crippen molar-refractivity contribution >= 4 is 22.9 Å². The van der Waals surface area contributed by atoms with Gasteiger partial charge in [-0.2, -0.15) is 5.10 Å². The molecule has 33 heavy (non-hydrogen) atoms. The number of methoxy groups -OCH3 is 1. The summed E-state index contributed by atoms with van der Waals surface area (Å²) < 4.78 is 7.16. The third kappa shape index (κ3) is 4.44. The fourth-order valence-electron chi connectivity index (χ4n) is 4.11. The Balaban J connectivity index is 1.44. The van der Waals surface area contributed by atoms with Gasteiger partial charge in [0.15, 0.2) is 5.65 Å². The van der Waals surface area contributed by atoms with Gasteiger partial charge in [0.25, 0.3) is 0 Å². The number of amides is 2. The summed E-state index contributed by atoms with van der Waals surface area (Å²) in [7, 11) is 1.66. The molecule has 1 aliphatic carbocycles. The van der Waals surface area contributed by atoms with E-state index in [1.807, 2.05) is 60.8 Å². The summed E-state index contributed by atoms with van der Waals surface area (Å²) in [5, 5.41) is 8.64. The van der Waals surface area contributed by atoms with Gasteiger partial charge in [0.1, 0.15) is 17.4 Å². The molecule has 1 aliphatic heterocycles. The molecular formula is C24H31N7O2. The molecule has 0 radical (unpaired) electrons. The van der Waals surface area contributed by atoms with Crippen molar-refractivity contribution in [1.29, 1.82) is 0 Å². The number of urea groups is 1. The van der Waals surface area contributed by atoms with Crippen molar-refractivity contribution in [2.24, 2.45) is 0 Å². The van der Waals surface area contributed by atoms with Gasteiger partial charge in [-0.15, -0.1) is 0 Å². The van der Waals surface area contributed by atoms with Gasteiger partial charge in [-0.25, -0.2) is 19.4 Å². The minimum atomic E-state index is -0.248. The Bertz CT molecular complexity index is 1150. The lowest BCUT2D eigenvalue weighted by Crippen LogP contribution is -2.55. The number of piperazine rings is 1. The van der Waals surface area contributed by atoms with Crippen LogP contribution in [0.25, 0.3) is 16.7 Å². The maximum absolute atomic E-state index is 12.6. The molecule has 2 aromatic heterocycles. The van der Waals surface area contributed by atoms with Gasteiger partial charge in [-0.05, 0) is 57.9 Å². The van der Waals surface area contributed by atoms with Crippen LogP contribution in [0.4, 0.5) is 10.6 Å². The first kappa shape index (κ1) is 21.5. The number of fused-ring (bicyclic) bond motifs is 1. The van der Waals surface area contributed by atoms with Gasteiger partial charge >= 0.3 is 6.03 Å². The number of carbonyl (C=O) groups is 1. The maximum Gasteiger partial charge on any atom is 0.317 e. The molecule has 0 bridgehead atoms. The number of benzene rings is 1.